The summed E-state index contributed by atoms with van der Waals surface area (Å²) in [5.41, 5.74) is 6.11. The topological polar surface area (TPSA) is 96.0 Å². The van der Waals surface area contributed by atoms with Gasteiger partial charge in [-0.05, 0) is 20.0 Å². The fourth-order valence-electron chi connectivity index (χ4n) is 1.94. The maximum absolute atomic E-state index is 10.8. The Bertz CT molecular complexity index is 507. The lowest BCUT2D eigenvalue weighted by Gasteiger charge is -2.27. The standard InChI is InChI=1S/C13H18N2O4S/c1-3-19-9-6-4-5-8(12(9)18)11(13(14)20)15(2)7-10(16)17/h4-6,11,18H,3,7H2,1-2H3,(H2,14,20)(H,16,17). The van der Waals surface area contributed by atoms with Crippen molar-refractivity contribution in [3.05, 3.63) is 23.8 Å². The second-order valence-electron chi connectivity index (χ2n) is 4.24. The van der Waals surface area contributed by atoms with Crippen molar-refractivity contribution in [2.75, 3.05) is 20.2 Å². The predicted octanol–water partition coefficient (Wildman–Crippen LogP) is 1.13. The lowest BCUT2D eigenvalue weighted by molar-refractivity contribution is -0.138. The summed E-state index contributed by atoms with van der Waals surface area (Å²) in [5, 5.41) is 19.1. The van der Waals surface area contributed by atoms with E-state index in [-0.39, 0.29) is 17.3 Å². The number of phenolic OH excluding ortho intramolecular Hbond substituents is 1. The third kappa shape index (κ3) is 3.82. The number of ether oxygens (including phenoxy) is 1. The minimum atomic E-state index is -1.01. The van der Waals surface area contributed by atoms with Crippen LogP contribution in [-0.4, -0.2) is 46.3 Å². The average molecular weight is 298 g/mol. The minimum Gasteiger partial charge on any atom is -0.504 e. The number of hydrogen-bond donors (Lipinski definition) is 3. The molecule has 1 atom stereocenters. The summed E-state index contributed by atoms with van der Waals surface area (Å²) in [6, 6.07) is 4.28. The van der Waals surface area contributed by atoms with Gasteiger partial charge in [-0.25, -0.2) is 0 Å². The molecule has 0 aliphatic rings. The fraction of sp³-hybridized carbons (Fsp3) is 0.385. The lowest BCUT2D eigenvalue weighted by atomic mass is 10.0. The molecule has 0 spiro atoms. The molecule has 4 N–H and O–H groups in total. The lowest BCUT2D eigenvalue weighted by Crippen LogP contribution is -2.37. The van der Waals surface area contributed by atoms with Crippen molar-refractivity contribution in [3.63, 3.8) is 0 Å². The first kappa shape index (κ1) is 16.2. The molecule has 0 aliphatic carbocycles. The number of hydrogen-bond acceptors (Lipinski definition) is 5. The molecular weight excluding hydrogens is 280 g/mol. The Morgan fingerprint density at radius 2 is 2.20 bits per heavy atom. The number of carboxylic acids is 1. The number of phenols is 1. The van der Waals surface area contributed by atoms with Gasteiger partial charge in [-0.15, -0.1) is 0 Å². The number of nitrogens with zero attached hydrogens (tertiary/aromatic N) is 1. The van der Waals surface area contributed by atoms with Crippen LogP contribution in [0.5, 0.6) is 11.5 Å². The molecule has 0 aromatic heterocycles. The molecule has 0 saturated carbocycles. The quantitative estimate of drug-likeness (QED) is 0.649. The van der Waals surface area contributed by atoms with Crippen molar-refractivity contribution in [2.45, 2.75) is 13.0 Å². The molecule has 1 rings (SSSR count). The molecule has 0 bridgehead atoms. The molecule has 0 fully saturated rings. The van der Waals surface area contributed by atoms with E-state index < -0.39 is 12.0 Å². The molecule has 1 unspecified atom stereocenters. The van der Waals surface area contributed by atoms with Crippen LogP contribution in [0.25, 0.3) is 0 Å². The van der Waals surface area contributed by atoms with Gasteiger partial charge in [0.1, 0.15) is 0 Å². The van der Waals surface area contributed by atoms with Gasteiger partial charge in [0.15, 0.2) is 11.5 Å². The molecule has 0 heterocycles. The molecule has 0 radical (unpaired) electrons. The number of para-hydroxylation sites is 1. The molecule has 110 valence electrons. The van der Waals surface area contributed by atoms with E-state index in [0.717, 1.165) is 0 Å². The molecule has 1 aromatic carbocycles. The molecular formula is C13H18N2O4S. The van der Waals surface area contributed by atoms with E-state index in [4.69, 9.17) is 27.8 Å². The number of aromatic hydroxyl groups is 1. The van der Waals surface area contributed by atoms with Gasteiger partial charge >= 0.3 is 5.97 Å². The molecule has 20 heavy (non-hydrogen) atoms. The van der Waals surface area contributed by atoms with E-state index in [2.05, 4.69) is 0 Å². The van der Waals surface area contributed by atoms with Gasteiger partial charge in [-0.2, -0.15) is 0 Å². The first-order valence-electron chi connectivity index (χ1n) is 6.04. The van der Waals surface area contributed by atoms with Crippen molar-refractivity contribution in [1.29, 1.82) is 0 Å². The van der Waals surface area contributed by atoms with E-state index in [0.29, 0.717) is 17.9 Å². The molecule has 0 aliphatic heterocycles. The van der Waals surface area contributed by atoms with Crippen LogP contribution in [-0.2, 0) is 4.79 Å². The Balaban J connectivity index is 3.18. The number of carboxylic acid groups (broad SMARTS) is 1. The Morgan fingerprint density at radius 1 is 1.55 bits per heavy atom. The number of rotatable bonds is 7. The van der Waals surface area contributed by atoms with E-state index in [9.17, 15) is 9.90 Å². The smallest absolute Gasteiger partial charge is 0.317 e. The van der Waals surface area contributed by atoms with Crippen LogP contribution in [0.3, 0.4) is 0 Å². The summed E-state index contributed by atoms with van der Waals surface area (Å²) in [5.74, 6) is -0.770. The van der Waals surface area contributed by atoms with Gasteiger partial charge in [0.2, 0.25) is 0 Å². The van der Waals surface area contributed by atoms with Gasteiger partial charge in [0, 0.05) is 5.56 Å². The normalized spacial score (nSPS) is 12.2. The SMILES string of the molecule is CCOc1cccc(C(C(N)=S)N(C)CC(=O)O)c1O. The number of carbonyl (C=O) groups is 1. The van der Waals surface area contributed by atoms with Gasteiger partial charge < -0.3 is 20.7 Å². The van der Waals surface area contributed by atoms with E-state index in [1.807, 2.05) is 0 Å². The summed E-state index contributed by atoms with van der Waals surface area (Å²) < 4.78 is 5.30. The highest BCUT2D eigenvalue weighted by molar-refractivity contribution is 7.80. The van der Waals surface area contributed by atoms with E-state index >= 15 is 0 Å². The van der Waals surface area contributed by atoms with Crippen LogP contribution in [0.15, 0.2) is 18.2 Å². The Labute approximate surface area is 122 Å². The Hall–Kier alpha value is -1.86. The molecule has 1 aromatic rings. The largest absolute Gasteiger partial charge is 0.504 e. The highest BCUT2D eigenvalue weighted by Crippen LogP contribution is 2.35. The second-order valence-corrected chi connectivity index (χ2v) is 4.71. The van der Waals surface area contributed by atoms with Gasteiger partial charge in [-0.3, -0.25) is 9.69 Å². The third-order valence-corrected chi connectivity index (χ3v) is 2.94. The highest BCUT2D eigenvalue weighted by Gasteiger charge is 2.25. The van der Waals surface area contributed by atoms with Crippen molar-refractivity contribution >= 4 is 23.2 Å². The summed E-state index contributed by atoms with van der Waals surface area (Å²) in [6.45, 7) is 1.95. The van der Waals surface area contributed by atoms with Gasteiger partial charge in [0.05, 0.1) is 24.2 Å². The minimum absolute atomic E-state index is 0.0793. The van der Waals surface area contributed by atoms with Crippen LogP contribution >= 0.6 is 12.2 Å². The first-order valence-corrected chi connectivity index (χ1v) is 6.45. The summed E-state index contributed by atoms with van der Waals surface area (Å²) in [6.07, 6.45) is 0. The molecule has 0 saturated heterocycles. The molecule has 0 amide bonds. The van der Waals surface area contributed by atoms with E-state index in [1.54, 1.807) is 32.2 Å². The van der Waals surface area contributed by atoms with Gasteiger partial charge in [-0.1, -0.05) is 24.4 Å². The Morgan fingerprint density at radius 3 is 2.70 bits per heavy atom. The van der Waals surface area contributed by atoms with Crippen molar-refractivity contribution in [1.82, 2.24) is 4.90 Å². The number of thiocarbonyl (C=S) groups is 1. The van der Waals surface area contributed by atoms with Crippen molar-refractivity contribution in [2.24, 2.45) is 5.73 Å². The molecule has 6 nitrogen and oxygen atoms in total. The highest BCUT2D eigenvalue weighted by atomic mass is 32.1. The maximum Gasteiger partial charge on any atom is 0.317 e. The second kappa shape index (κ2) is 7.06. The van der Waals surface area contributed by atoms with Crippen molar-refractivity contribution in [3.8, 4) is 11.5 Å². The summed E-state index contributed by atoms with van der Waals surface area (Å²) in [7, 11) is 1.57. The number of aliphatic carboxylic acids is 1. The van der Waals surface area contributed by atoms with Crippen LogP contribution in [0.2, 0.25) is 0 Å². The zero-order valence-electron chi connectivity index (χ0n) is 11.4. The maximum atomic E-state index is 10.8. The number of likely N-dealkylation sites (N-methyl/N-ethyl adjacent to an activating group) is 1. The average Bonchev–Trinajstić information content (AvgIpc) is 2.33. The van der Waals surface area contributed by atoms with Crippen LogP contribution in [0, 0.1) is 0 Å². The van der Waals surface area contributed by atoms with Gasteiger partial charge in [0.25, 0.3) is 0 Å². The zero-order valence-corrected chi connectivity index (χ0v) is 12.2. The van der Waals surface area contributed by atoms with Crippen LogP contribution < -0.4 is 10.5 Å². The third-order valence-electron chi connectivity index (χ3n) is 2.72. The summed E-state index contributed by atoms with van der Waals surface area (Å²) in [4.78, 5) is 12.3. The Kier molecular flexibility index (Phi) is 5.72. The van der Waals surface area contributed by atoms with Crippen LogP contribution in [0.1, 0.15) is 18.5 Å². The van der Waals surface area contributed by atoms with Crippen LogP contribution in [0.4, 0.5) is 0 Å². The number of nitrogens with two attached hydrogens (primary N) is 1. The zero-order chi connectivity index (χ0) is 15.3. The predicted molar refractivity (Wildman–Crippen MR) is 79.1 cm³/mol. The first-order chi connectivity index (χ1) is 9.38. The fourth-order valence-corrected chi connectivity index (χ4v) is 2.25. The molecule has 7 heteroatoms. The summed E-state index contributed by atoms with van der Waals surface area (Å²) >= 11 is 4.99. The van der Waals surface area contributed by atoms with Crippen molar-refractivity contribution < 1.29 is 19.7 Å². The monoisotopic (exact) mass is 298 g/mol. The number of benzene rings is 1. The van der Waals surface area contributed by atoms with E-state index in [1.165, 1.54) is 4.90 Å².